The zero-order chi connectivity index (χ0) is 13.8. The van der Waals surface area contributed by atoms with Crippen molar-refractivity contribution in [1.82, 2.24) is 4.98 Å². The minimum atomic E-state index is -1.22. The first-order chi connectivity index (χ1) is 9.11. The second-order valence-electron chi connectivity index (χ2n) is 3.56. The van der Waals surface area contributed by atoms with E-state index in [1.54, 1.807) is 12.1 Å². The highest BCUT2D eigenvalue weighted by molar-refractivity contribution is 5.90. The second-order valence-corrected chi connectivity index (χ2v) is 3.56. The maximum absolute atomic E-state index is 13.2. The van der Waals surface area contributed by atoms with E-state index in [2.05, 4.69) is 4.98 Å². The fraction of sp³-hybridized carbons (Fsp3) is 0.0769. The van der Waals surface area contributed by atoms with Crippen molar-refractivity contribution in [3.63, 3.8) is 0 Å². The molecule has 2 aromatic rings. The lowest BCUT2D eigenvalue weighted by Gasteiger charge is -2.10. The summed E-state index contributed by atoms with van der Waals surface area (Å²) in [5.74, 6) is -1.56. The molecule has 0 atom stereocenters. The van der Waals surface area contributed by atoms with Gasteiger partial charge in [0.2, 0.25) is 0 Å². The first-order valence-electron chi connectivity index (χ1n) is 5.31. The molecule has 6 heteroatoms. The molecule has 1 heterocycles. The summed E-state index contributed by atoms with van der Waals surface area (Å²) < 4.78 is 23.5. The molecule has 0 fully saturated rings. The van der Waals surface area contributed by atoms with Crippen molar-refractivity contribution in [2.45, 2.75) is 0 Å². The zero-order valence-corrected chi connectivity index (χ0v) is 9.96. The molecular formula is C13H10FNO4. The molecule has 5 nitrogen and oxygen atoms in total. The van der Waals surface area contributed by atoms with Crippen molar-refractivity contribution in [3.8, 4) is 17.4 Å². The summed E-state index contributed by atoms with van der Waals surface area (Å²) in [6.07, 6.45) is 1.46. The summed E-state index contributed by atoms with van der Waals surface area (Å²) in [7, 11) is 1.42. The van der Waals surface area contributed by atoms with Crippen LogP contribution in [0, 0.1) is 5.82 Å². The van der Waals surface area contributed by atoms with E-state index in [1.165, 1.54) is 13.3 Å². The third-order valence-corrected chi connectivity index (χ3v) is 2.34. The SMILES string of the molecule is COc1cccnc1Oc1cc(F)ccc1C(=O)O. The number of nitrogens with zero attached hydrogens (tertiary/aromatic N) is 1. The van der Waals surface area contributed by atoms with Gasteiger partial charge in [-0.15, -0.1) is 0 Å². The van der Waals surface area contributed by atoms with E-state index in [1.807, 2.05) is 0 Å². The molecule has 1 N–H and O–H groups in total. The van der Waals surface area contributed by atoms with E-state index in [9.17, 15) is 9.18 Å². The molecule has 0 spiro atoms. The van der Waals surface area contributed by atoms with Crippen molar-refractivity contribution in [2.75, 3.05) is 7.11 Å². The average Bonchev–Trinajstić information content (AvgIpc) is 2.39. The maximum Gasteiger partial charge on any atom is 0.339 e. The lowest BCUT2D eigenvalue weighted by Crippen LogP contribution is -2.02. The van der Waals surface area contributed by atoms with Crippen LogP contribution in [0.4, 0.5) is 4.39 Å². The summed E-state index contributed by atoms with van der Waals surface area (Å²) in [6.45, 7) is 0. The lowest BCUT2D eigenvalue weighted by atomic mass is 10.2. The van der Waals surface area contributed by atoms with Gasteiger partial charge in [-0.05, 0) is 24.3 Å². The average molecular weight is 263 g/mol. The smallest absolute Gasteiger partial charge is 0.339 e. The van der Waals surface area contributed by atoms with Crippen molar-refractivity contribution in [1.29, 1.82) is 0 Å². The van der Waals surface area contributed by atoms with E-state index >= 15 is 0 Å². The van der Waals surface area contributed by atoms with Crippen molar-refractivity contribution in [2.24, 2.45) is 0 Å². The Bertz CT molecular complexity index is 615. The Morgan fingerprint density at radius 2 is 2.11 bits per heavy atom. The monoisotopic (exact) mass is 263 g/mol. The molecule has 0 saturated carbocycles. The van der Waals surface area contributed by atoms with Gasteiger partial charge in [-0.25, -0.2) is 14.2 Å². The highest BCUT2D eigenvalue weighted by atomic mass is 19.1. The van der Waals surface area contributed by atoms with Crippen molar-refractivity contribution < 1.29 is 23.8 Å². The molecule has 0 aliphatic rings. The summed E-state index contributed by atoms with van der Waals surface area (Å²) >= 11 is 0. The highest BCUT2D eigenvalue weighted by Crippen LogP contribution is 2.31. The molecule has 1 aromatic carbocycles. The third-order valence-electron chi connectivity index (χ3n) is 2.34. The standard InChI is InChI=1S/C13H10FNO4/c1-18-10-3-2-6-15-12(10)19-11-7-8(14)4-5-9(11)13(16)17/h2-7H,1H3,(H,16,17). The normalized spacial score (nSPS) is 10.0. The van der Waals surface area contributed by atoms with E-state index in [0.29, 0.717) is 5.75 Å². The number of rotatable bonds is 4. The molecule has 1 aromatic heterocycles. The van der Waals surface area contributed by atoms with Crippen LogP contribution in [0.2, 0.25) is 0 Å². The van der Waals surface area contributed by atoms with Gasteiger partial charge in [0, 0.05) is 12.3 Å². The molecule has 0 bridgehead atoms. The first-order valence-corrected chi connectivity index (χ1v) is 5.31. The van der Waals surface area contributed by atoms with E-state index < -0.39 is 11.8 Å². The number of aromatic nitrogens is 1. The Hall–Kier alpha value is -2.63. The Balaban J connectivity index is 2.42. The van der Waals surface area contributed by atoms with Gasteiger partial charge in [-0.2, -0.15) is 0 Å². The number of pyridine rings is 1. The van der Waals surface area contributed by atoms with Gasteiger partial charge in [0.05, 0.1) is 7.11 Å². The Morgan fingerprint density at radius 1 is 1.32 bits per heavy atom. The van der Waals surface area contributed by atoms with Gasteiger partial charge in [-0.1, -0.05) is 0 Å². The van der Waals surface area contributed by atoms with Crippen LogP contribution in [0.15, 0.2) is 36.5 Å². The molecule has 19 heavy (non-hydrogen) atoms. The molecular weight excluding hydrogens is 253 g/mol. The fourth-order valence-electron chi connectivity index (χ4n) is 1.47. The highest BCUT2D eigenvalue weighted by Gasteiger charge is 2.15. The summed E-state index contributed by atoms with van der Waals surface area (Å²) in [6, 6.07) is 6.39. The first kappa shape index (κ1) is 12.8. The van der Waals surface area contributed by atoms with Crippen LogP contribution < -0.4 is 9.47 Å². The van der Waals surface area contributed by atoms with E-state index in [4.69, 9.17) is 14.6 Å². The Kier molecular flexibility index (Phi) is 3.61. The van der Waals surface area contributed by atoms with Gasteiger partial charge < -0.3 is 14.6 Å². The van der Waals surface area contributed by atoms with Gasteiger partial charge in [0.1, 0.15) is 17.1 Å². The number of ether oxygens (including phenoxy) is 2. The van der Waals surface area contributed by atoms with Crippen molar-refractivity contribution in [3.05, 3.63) is 47.9 Å². The fourth-order valence-corrected chi connectivity index (χ4v) is 1.47. The predicted octanol–water partition coefficient (Wildman–Crippen LogP) is 2.72. The zero-order valence-electron chi connectivity index (χ0n) is 9.96. The van der Waals surface area contributed by atoms with Crippen LogP contribution in [0.5, 0.6) is 17.4 Å². The topological polar surface area (TPSA) is 68.7 Å². The molecule has 0 aliphatic carbocycles. The predicted molar refractivity (Wildman–Crippen MR) is 64.2 cm³/mol. The largest absolute Gasteiger partial charge is 0.491 e. The van der Waals surface area contributed by atoms with Crippen LogP contribution in [-0.4, -0.2) is 23.2 Å². The van der Waals surface area contributed by atoms with E-state index in [-0.39, 0.29) is 17.2 Å². The van der Waals surface area contributed by atoms with E-state index in [0.717, 1.165) is 18.2 Å². The van der Waals surface area contributed by atoms with Crippen LogP contribution in [-0.2, 0) is 0 Å². The summed E-state index contributed by atoms with van der Waals surface area (Å²) in [5, 5.41) is 9.01. The minimum Gasteiger partial charge on any atom is -0.491 e. The maximum atomic E-state index is 13.2. The lowest BCUT2D eigenvalue weighted by molar-refractivity contribution is 0.0694. The number of carbonyl (C=O) groups is 1. The summed E-state index contributed by atoms with van der Waals surface area (Å²) in [5.41, 5.74) is -0.158. The van der Waals surface area contributed by atoms with Gasteiger partial charge in [0.15, 0.2) is 5.75 Å². The molecule has 0 unspecified atom stereocenters. The Morgan fingerprint density at radius 3 is 2.79 bits per heavy atom. The van der Waals surface area contributed by atoms with Crippen LogP contribution in [0.25, 0.3) is 0 Å². The van der Waals surface area contributed by atoms with Gasteiger partial charge in [0.25, 0.3) is 5.88 Å². The number of methoxy groups -OCH3 is 1. The number of hydrogen-bond donors (Lipinski definition) is 1. The minimum absolute atomic E-state index is 0.0677. The van der Waals surface area contributed by atoms with Crippen LogP contribution in [0.3, 0.4) is 0 Å². The van der Waals surface area contributed by atoms with Crippen LogP contribution in [0.1, 0.15) is 10.4 Å². The van der Waals surface area contributed by atoms with Crippen molar-refractivity contribution >= 4 is 5.97 Å². The molecule has 0 radical (unpaired) electrons. The number of aromatic carboxylic acids is 1. The number of carboxylic acid groups (broad SMARTS) is 1. The van der Waals surface area contributed by atoms with Gasteiger partial charge in [-0.3, -0.25) is 0 Å². The second kappa shape index (κ2) is 5.34. The quantitative estimate of drug-likeness (QED) is 0.918. The van der Waals surface area contributed by atoms with Gasteiger partial charge >= 0.3 is 5.97 Å². The molecule has 2 rings (SSSR count). The number of hydrogen-bond acceptors (Lipinski definition) is 4. The Labute approximate surface area is 108 Å². The number of benzene rings is 1. The molecule has 0 amide bonds. The molecule has 98 valence electrons. The number of halogens is 1. The number of carboxylic acids is 1. The third kappa shape index (κ3) is 2.79. The molecule has 0 aliphatic heterocycles. The molecule has 0 saturated heterocycles. The van der Waals surface area contributed by atoms with Crippen LogP contribution >= 0.6 is 0 Å². The summed E-state index contributed by atoms with van der Waals surface area (Å²) in [4.78, 5) is 14.9.